The second kappa shape index (κ2) is 6.02. The van der Waals surface area contributed by atoms with Crippen LogP contribution in [-0.2, 0) is 11.3 Å². The van der Waals surface area contributed by atoms with Crippen LogP contribution in [-0.4, -0.2) is 12.6 Å². The molecule has 0 radical (unpaired) electrons. The number of hydrogen-bond donors (Lipinski definition) is 1. The highest BCUT2D eigenvalue weighted by molar-refractivity contribution is 5.13. The predicted octanol–water partition coefficient (Wildman–Crippen LogP) is 2.72. The molecule has 2 N–H and O–H groups in total. The van der Waals surface area contributed by atoms with Crippen molar-refractivity contribution >= 4 is 0 Å². The molecule has 0 aliphatic heterocycles. The largest absolute Gasteiger partial charge is 0.376 e. The molecule has 0 amide bonds. The molecule has 88 valence electrons. The minimum absolute atomic E-state index is 0.436. The Morgan fingerprint density at radius 2 is 1.75 bits per heavy atom. The summed E-state index contributed by atoms with van der Waals surface area (Å²) in [5, 5.41) is 0. The molecule has 1 aliphatic carbocycles. The lowest BCUT2D eigenvalue weighted by Crippen LogP contribution is -2.28. The lowest BCUT2D eigenvalue weighted by atomic mass is 9.87. The number of hydrogen-bond acceptors (Lipinski definition) is 2. The van der Waals surface area contributed by atoms with Gasteiger partial charge in [0.25, 0.3) is 0 Å². The molecule has 0 bridgehead atoms. The summed E-state index contributed by atoms with van der Waals surface area (Å²) >= 11 is 0. The summed E-state index contributed by atoms with van der Waals surface area (Å²) in [6.45, 7) is 1.63. The number of nitrogens with two attached hydrogens (primary N) is 1. The highest BCUT2D eigenvalue weighted by atomic mass is 16.5. The monoisotopic (exact) mass is 219 g/mol. The maximum Gasteiger partial charge on any atom is 0.0717 e. The van der Waals surface area contributed by atoms with Crippen molar-refractivity contribution in [3.8, 4) is 0 Å². The smallest absolute Gasteiger partial charge is 0.0717 e. The average molecular weight is 219 g/mol. The second-order valence-corrected chi connectivity index (χ2v) is 4.78. The fourth-order valence-corrected chi connectivity index (χ4v) is 2.27. The molecule has 0 unspecified atom stereocenters. The first-order valence-corrected chi connectivity index (χ1v) is 6.22. The van der Waals surface area contributed by atoms with E-state index in [1.807, 2.05) is 6.07 Å². The van der Waals surface area contributed by atoms with Crippen LogP contribution in [0.4, 0.5) is 0 Å². The number of rotatable bonds is 4. The lowest BCUT2D eigenvalue weighted by Gasteiger charge is -2.25. The summed E-state index contributed by atoms with van der Waals surface area (Å²) in [7, 11) is 0. The normalized spacial score (nSPS) is 25.6. The van der Waals surface area contributed by atoms with Gasteiger partial charge in [0.2, 0.25) is 0 Å². The Labute approximate surface area is 97.8 Å². The summed E-state index contributed by atoms with van der Waals surface area (Å²) in [6.07, 6.45) is 4.80. The topological polar surface area (TPSA) is 35.2 Å². The summed E-state index contributed by atoms with van der Waals surface area (Å²) < 4.78 is 5.75. The Balaban J connectivity index is 1.65. The Morgan fingerprint density at radius 3 is 2.44 bits per heavy atom. The SMILES string of the molecule is NC1CCC(COCc2ccccc2)CC1. The Bertz CT molecular complexity index is 291. The van der Waals surface area contributed by atoms with E-state index in [4.69, 9.17) is 10.5 Å². The van der Waals surface area contributed by atoms with Gasteiger partial charge in [0.1, 0.15) is 0 Å². The third-order valence-corrected chi connectivity index (χ3v) is 3.36. The van der Waals surface area contributed by atoms with Gasteiger partial charge in [0.05, 0.1) is 6.61 Å². The molecule has 16 heavy (non-hydrogen) atoms. The molecule has 1 aromatic rings. The Hall–Kier alpha value is -0.860. The molecule has 2 rings (SSSR count). The van der Waals surface area contributed by atoms with Crippen LogP contribution >= 0.6 is 0 Å². The van der Waals surface area contributed by atoms with Gasteiger partial charge >= 0.3 is 0 Å². The quantitative estimate of drug-likeness (QED) is 0.845. The molecule has 0 atom stereocenters. The van der Waals surface area contributed by atoms with E-state index in [1.54, 1.807) is 0 Å². The molecular formula is C14H21NO. The van der Waals surface area contributed by atoms with Gasteiger partial charge in [-0.15, -0.1) is 0 Å². The van der Waals surface area contributed by atoms with E-state index in [2.05, 4.69) is 24.3 Å². The van der Waals surface area contributed by atoms with E-state index in [-0.39, 0.29) is 0 Å². The maximum absolute atomic E-state index is 5.88. The van der Waals surface area contributed by atoms with Crippen LogP contribution in [0.1, 0.15) is 31.2 Å². The molecule has 1 aliphatic rings. The van der Waals surface area contributed by atoms with Crippen molar-refractivity contribution in [1.29, 1.82) is 0 Å². The fraction of sp³-hybridized carbons (Fsp3) is 0.571. The first kappa shape index (κ1) is 11.6. The molecule has 1 aromatic carbocycles. The minimum atomic E-state index is 0.436. The zero-order chi connectivity index (χ0) is 11.2. The van der Waals surface area contributed by atoms with Gasteiger partial charge in [-0.1, -0.05) is 30.3 Å². The molecular weight excluding hydrogens is 198 g/mol. The molecule has 0 spiro atoms. The van der Waals surface area contributed by atoms with Gasteiger partial charge in [-0.05, 0) is 37.2 Å². The van der Waals surface area contributed by atoms with Crippen molar-refractivity contribution in [1.82, 2.24) is 0 Å². The van der Waals surface area contributed by atoms with Crippen molar-refractivity contribution < 1.29 is 4.74 Å². The standard InChI is InChI=1S/C14H21NO/c15-14-8-6-13(7-9-14)11-16-10-12-4-2-1-3-5-12/h1-5,13-14H,6-11,15H2. The van der Waals surface area contributed by atoms with Gasteiger partial charge in [-0.25, -0.2) is 0 Å². The molecule has 0 aromatic heterocycles. The number of ether oxygens (including phenoxy) is 1. The molecule has 0 saturated heterocycles. The zero-order valence-corrected chi connectivity index (χ0v) is 9.77. The highest BCUT2D eigenvalue weighted by Crippen LogP contribution is 2.23. The first-order chi connectivity index (χ1) is 7.84. The predicted molar refractivity (Wildman–Crippen MR) is 66.0 cm³/mol. The average Bonchev–Trinajstić information content (AvgIpc) is 2.33. The summed E-state index contributed by atoms with van der Waals surface area (Å²) in [5.41, 5.74) is 7.14. The number of benzene rings is 1. The molecule has 2 heteroatoms. The third kappa shape index (κ3) is 3.62. The van der Waals surface area contributed by atoms with Crippen molar-refractivity contribution in [3.05, 3.63) is 35.9 Å². The van der Waals surface area contributed by atoms with Crippen molar-refractivity contribution in [2.45, 2.75) is 38.3 Å². The molecule has 2 nitrogen and oxygen atoms in total. The van der Waals surface area contributed by atoms with E-state index >= 15 is 0 Å². The maximum atomic E-state index is 5.88. The van der Waals surface area contributed by atoms with Gasteiger partial charge in [0.15, 0.2) is 0 Å². The Kier molecular flexibility index (Phi) is 4.37. The fourth-order valence-electron chi connectivity index (χ4n) is 2.27. The molecule has 1 fully saturated rings. The molecule has 1 saturated carbocycles. The van der Waals surface area contributed by atoms with E-state index in [0.717, 1.165) is 19.1 Å². The van der Waals surface area contributed by atoms with E-state index < -0.39 is 0 Å². The van der Waals surface area contributed by atoms with E-state index in [9.17, 15) is 0 Å². The summed E-state index contributed by atoms with van der Waals surface area (Å²) in [5.74, 6) is 0.725. The highest BCUT2D eigenvalue weighted by Gasteiger charge is 2.18. The van der Waals surface area contributed by atoms with Crippen molar-refractivity contribution in [3.63, 3.8) is 0 Å². The van der Waals surface area contributed by atoms with Gasteiger partial charge in [0, 0.05) is 12.6 Å². The summed E-state index contributed by atoms with van der Waals surface area (Å²) in [6, 6.07) is 10.8. The van der Waals surface area contributed by atoms with Crippen molar-refractivity contribution in [2.24, 2.45) is 11.7 Å². The van der Waals surface area contributed by atoms with Crippen LogP contribution < -0.4 is 5.73 Å². The van der Waals surface area contributed by atoms with E-state index in [0.29, 0.717) is 6.04 Å². The Morgan fingerprint density at radius 1 is 1.06 bits per heavy atom. The van der Waals surface area contributed by atoms with Gasteiger partial charge in [-0.3, -0.25) is 0 Å². The molecule has 0 heterocycles. The zero-order valence-electron chi connectivity index (χ0n) is 9.77. The minimum Gasteiger partial charge on any atom is -0.376 e. The van der Waals surface area contributed by atoms with Crippen LogP contribution in [0.3, 0.4) is 0 Å². The van der Waals surface area contributed by atoms with Crippen LogP contribution in [0.5, 0.6) is 0 Å². The second-order valence-electron chi connectivity index (χ2n) is 4.78. The lowest BCUT2D eigenvalue weighted by molar-refractivity contribution is 0.0719. The van der Waals surface area contributed by atoms with Gasteiger partial charge < -0.3 is 10.5 Å². The van der Waals surface area contributed by atoms with Crippen LogP contribution in [0.15, 0.2) is 30.3 Å². The summed E-state index contributed by atoms with van der Waals surface area (Å²) in [4.78, 5) is 0. The first-order valence-electron chi connectivity index (χ1n) is 6.22. The van der Waals surface area contributed by atoms with Gasteiger partial charge in [-0.2, -0.15) is 0 Å². The van der Waals surface area contributed by atoms with Crippen LogP contribution in [0.2, 0.25) is 0 Å². The van der Waals surface area contributed by atoms with Crippen LogP contribution in [0, 0.1) is 5.92 Å². The van der Waals surface area contributed by atoms with Crippen molar-refractivity contribution in [2.75, 3.05) is 6.61 Å². The van der Waals surface area contributed by atoms with Crippen LogP contribution in [0.25, 0.3) is 0 Å². The third-order valence-electron chi connectivity index (χ3n) is 3.36. The van der Waals surface area contributed by atoms with E-state index in [1.165, 1.54) is 31.2 Å².